The van der Waals surface area contributed by atoms with Crippen molar-refractivity contribution in [3.05, 3.63) is 124 Å². The summed E-state index contributed by atoms with van der Waals surface area (Å²) in [6.07, 6.45) is 1.31. The average molecular weight is 710 g/mol. The van der Waals surface area contributed by atoms with Gasteiger partial charge in [-0.05, 0) is 60.7 Å². The molecule has 0 spiro atoms. The molecule has 0 saturated carbocycles. The average Bonchev–Trinajstić information content (AvgIpc) is 3.14. The maximum absolute atomic E-state index is 13.9. The number of esters is 2. The lowest BCUT2D eigenvalue weighted by molar-refractivity contribution is -0.139. The van der Waals surface area contributed by atoms with E-state index in [-0.39, 0.29) is 46.7 Å². The highest BCUT2D eigenvalue weighted by Gasteiger charge is 2.40. The van der Waals surface area contributed by atoms with Crippen LogP contribution >= 0.6 is 0 Å². The highest BCUT2D eigenvalue weighted by Crippen LogP contribution is 2.44. The van der Waals surface area contributed by atoms with Crippen molar-refractivity contribution < 1.29 is 41.4 Å². The first-order chi connectivity index (χ1) is 24.6. The molecule has 2 heterocycles. The molecule has 0 radical (unpaired) electrons. The third-order valence-corrected chi connectivity index (χ3v) is 9.30. The second-order valence-electron chi connectivity index (χ2n) is 12.3. The predicted octanol–water partition coefficient (Wildman–Crippen LogP) is 7.09. The number of nitrogens with zero attached hydrogens (tertiary/aromatic N) is 2. The first kappa shape index (κ1) is 37.6. The van der Waals surface area contributed by atoms with Crippen LogP contribution in [0.4, 0.5) is 17.6 Å². The minimum absolute atomic E-state index is 0.0904. The lowest BCUT2D eigenvalue weighted by atomic mass is 9.79. The number of carbonyl (C=O) groups excluding carboxylic acids is 2. The number of alkyl halides is 2. The molecule has 51 heavy (non-hydrogen) atoms. The largest absolute Gasteiger partial charge is 0.466 e. The van der Waals surface area contributed by atoms with Gasteiger partial charge < -0.3 is 24.4 Å². The van der Waals surface area contributed by atoms with E-state index in [0.717, 1.165) is 24.2 Å². The molecule has 12 heteroatoms. The van der Waals surface area contributed by atoms with Gasteiger partial charge in [0, 0.05) is 49.7 Å². The first-order valence-electron chi connectivity index (χ1n) is 17.1. The van der Waals surface area contributed by atoms with Gasteiger partial charge in [0.1, 0.15) is 17.4 Å². The summed E-state index contributed by atoms with van der Waals surface area (Å²) in [4.78, 5) is 31.6. The van der Waals surface area contributed by atoms with Gasteiger partial charge in [-0.25, -0.2) is 18.4 Å². The summed E-state index contributed by atoms with van der Waals surface area (Å²) in [6, 6.07) is 18.7. The third-order valence-electron chi connectivity index (χ3n) is 9.30. The van der Waals surface area contributed by atoms with Gasteiger partial charge in [-0.1, -0.05) is 56.3 Å². The lowest BCUT2D eigenvalue weighted by Crippen LogP contribution is -2.48. The fourth-order valence-corrected chi connectivity index (χ4v) is 6.87. The normalized spacial score (nSPS) is 17.2. The molecule has 2 aliphatic heterocycles. The van der Waals surface area contributed by atoms with Crippen molar-refractivity contribution in [2.24, 2.45) is 0 Å². The number of nitrogens with one attached hydrogen (secondary N) is 1. The van der Waals surface area contributed by atoms with Crippen molar-refractivity contribution in [1.29, 1.82) is 0 Å². The number of carbonyl (C=O) groups is 2. The van der Waals surface area contributed by atoms with Crippen molar-refractivity contribution in [3.8, 4) is 5.75 Å². The van der Waals surface area contributed by atoms with Gasteiger partial charge in [-0.15, -0.1) is 0 Å². The number of dihydropyridines is 1. The summed E-state index contributed by atoms with van der Waals surface area (Å²) in [7, 11) is 1.23. The van der Waals surface area contributed by atoms with Gasteiger partial charge in [0.25, 0.3) is 0 Å². The number of hydrogen-bond acceptors (Lipinski definition) is 8. The van der Waals surface area contributed by atoms with Crippen LogP contribution in [-0.2, 0) is 19.1 Å². The molecule has 1 atom stereocenters. The van der Waals surface area contributed by atoms with E-state index >= 15 is 0 Å². The van der Waals surface area contributed by atoms with Crippen LogP contribution in [-0.4, -0.2) is 74.8 Å². The number of methoxy groups -OCH3 is 1. The van der Waals surface area contributed by atoms with Crippen LogP contribution in [0.5, 0.6) is 5.75 Å². The monoisotopic (exact) mass is 709 g/mol. The van der Waals surface area contributed by atoms with E-state index < -0.39 is 24.5 Å². The molecule has 1 N–H and O–H groups in total. The van der Waals surface area contributed by atoms with Gasteiger partial charge in [0.15, 0.2) is 0 Å². The second-order valence-corrected chi connectivity index (χ2v) is 12.3. The molecule has 0 aromatic heterocycles. The highest BCUT2D eigenvalue weighted by molar-refractivity contribution is 6.00. The number of piperazine rings is 1. The van der Waals surface area contributed by atoms with Gasteiger partial charge in [0.2, 0.25) is 0 Å². The van der Waals surface area contributed by atoms with Gasteiger partial charge in [0.05, 0.1) is 36.8 Å². The Balaban J connectivity index is 1.26. The Hall–Kier alpha value is -4.68. The third kappa shape index (κ3) is 8.98. The summed E-state index contributed by atoms with van der Waals surface area (Å²) in [6.45, 7) is 4.20. The number of benzene rings is 3. The first-order valence-corrected chi connectivity index (χ1v) is 17.1. The van der Waals surface area contributed by atoms with Crippen LogP contribution in [0.25, 0.3) is 0 Å². The quantitative estimate of drug-likeness (QED) is 0.108. The zero-order valence-electron chi connectivity index (χ0n) is 29.0. The SMILES string of the molecule is CCC1=C(C(=O)OC)C(c2ccccc2OC(F)F)C(C(=O)OCCCN2CCN(C(c3ccc(F)cc3)c3ccc(F)cc3)CC2)=C(CC)N1. The fourth-order valence-electron chi connectivity index (χ4n) is 6.87. The van der Waals surface area contributed by atoms with Crippen LogP contribution in [0, 0.1) is 11.6 Å². The number of ether oxygens (including phenoxy) is 3. The molecule has 5 rings (SSSR count). The molecule has 0 aliphatic carbocycles. The van der Waals surface area contributed by atoms with E-state index in [9.17, 15) is 27.2 Å². The molecule has 272 valence electrons. The summed E-state index contributed by atoms with van der Waals surface area (Å²) in [5.74, 6) is -3.23. The van der Waals surface area contributed by atoms with Gasteiger partial charge in [-0.2, -0.15) is 8.78 Å². The van der Waals surface area contributed by atoms with Crippen LogP contribution in [0.15, 0.2) is 95.3 Å². The van der Waals surface area contributed by atoms with E-state index in [2.05, 4.69) is 15.1 Å². The smallest absolute Gasteiger partial charge is 0.387 e. The molecule has 8 nitrogen and oxygen atoms in total. The van der Waals surface area contributed by atoms with Crippen LogP contribution in [0.1, 0.15) is 61.8 Å². The number of halogens is 4. The van der Waals surface area contributed by atoms with Gasteiger partial charge >= 0.3 is 18.6 Å². The van der Waals surface area contributed by atoms with Crippen molar-refractivity contribution in [3.63, 3.8) is 0 Å². The number of rotatable bonds is 14. The minimum Gasteiger partial charge on any atom is -0.466 e. The van der Waals surface area contributed by atoms with E-state index in [0.29, 0.717) is 50.3 Å². The highest BCUT2D eigenvalue weighted by atomic mass is 19.3. The van der Waals surface area contributed by atoms with Crippen molar-refractivity contribution in [2.75, 3.05) is 46.4 Å². The Kier molecular flexibility index (Phi) is 12.9. The van der Waals surface area contributed by atoms with Crippen LogP contribution in [0.2, 0.25) is 0 Å². The Labute approximate surface area is 295 Å². The maximum Gasteiger partial charge on any atom is 0.387 e. The Morgan fingerprint density at radius 1 is 0.804 bits per heavy atom. The molecular weight excluding hydrogens is 666 g/mol. The van der Waals surface area contributed by atoms with E-state index in [4.69, 9.17) is 14.2 Å². The molecule has 2 aliphatic rings. The summed E-state index contributed by atoms with van der Waals surface area (Å²) in [5, 5.41) is 3.21. The zero-order valence-corrected chi connectivity index (χ0v) is 29.0. The van der Waals surface area contributed by atoms with Crippen molar-refractivity contribution in [2.45, 2.75) is 51.7 Å². The number of hydrogen-bond donors (Lipinski definition) is 1. The summed E-state index contributed by atoms with van der Waals surface area (Å²) >= 11 is 0. The topological polar surface area (TPSA) is 80.3 Å². The molecule has 3 aromatic carbocycles. The molecular formula is C39H43F4N3O5. The van der Waals surface area contributed by atoms with E-state index in [1.165, 1.54) is 37.4 Å². The number of para-hydroxylation sites is 1. The van der Waals surface area contributed by atoms with Gasteiger partial charge in [-0.3, -0.25) is 4.90 Å². The Bertz CT molecular complexity index is 1680. The molecule has 3 aromatic rings. The Morgan fingerprint density at radius 2 is 1.35 bits per heavy atom. The minimum atomic E-state index is -3.12. The van der Waals surface area contributed by atoms with Crippen LogP contribution in [0.3, 0.4) is 0 Å². The Morgan fingerprint density at radius 3 is 1.88 bits per heavy atom. The molecule has 0 bridgehead atoms. The zero-order chi connectivity index (χ0) is 36.5. The molecule has 0 amide bonds. The van der Waals surface area contributed by atoms with Crippen LogP contribution < -0.4 is 10.1 Å². The predicted molar refractivity (Wildman–Crippen MR) is 184 cm³/mol. The van der Waals surface area contributed by atoms with E-state index in [1.807, 2.05) is 13.8 Å². The van der Waals surface area contributed by atoms with E-state index in [1.54, 1.807) is 42.5 Å². The van der Waals surface area contributed by atoms with Crippen molar-refractivity contribution >= 4 is 11.9 Å². The lowest BCUT2D eigenvalue weighted by Gasteiger charge is -2.39. The van der Waals surface area contributed by atoms with Crippen molar-refractivity contribution in [1.82, 2.24) is 15.1 Å². The summed E-state index contributed by atoms with van der Waals surface area (Å²) < 4.78 is 70.1. The molecule has 1 fully saturated rings. The maximum atomic E-state index is 13.9. The second kappa shape index (κ2) is 17.5. The standard InChI is InChI=1S/C39H43F4N3O5/c1-4-30-34(37(47)49-3)33(29-9-6-7-10-32(29)51-39(42)43)35(31(5-2)44-30)38(48)50-24-8-19-45-20-22-46(23-21-45)36(25-11-15-27(40)16-12-25)26-13-17-28(41)18-14-26/h6-7,9-18,33,36,39,44H,4-5,8,19-24H2,1-3H3. The molecule has 1 unspecified atom stereocenters. The molecule has 1 saturated heterocycles. The summed E-state index contributed by atoms with van der Waals surface area (Å²) in [5.41, 5.74) is 3.37. The number of allylic oxidation sites excluding steroid dienone is 2. The fraction of sp³-hybridized carbons (Fsp3) is 0.385.